The van der Waals surface area contributed by atoms with E-state index in [2.05, 4.69) is 37.9 Å². The first-order valence-electron chi connectivity index (χ1n) is 9.95. The van der Waals surface area contributed by atoms with E-state index in [1.807, 2.05) is 54.6 Å². The number of aromatic amines is 1. The van der Waals surface area contributed by atoms with E-state index in [0.29, 0.717) is 6.42 Å². The standard InChI is InChI=1S/C24H21N5O/c30-24(12-17-15-26-21-6-2-1-5-19(17)21)27-18-8-10-23-20(13-18)22(28-29-23)9-7-16-4-3-11-25-14-16/h1-11,13-14,17,26H,12,15H2,(H,27,30)(H,28,29)/b9-7+. The summed E-state index contributed by atoms with van der Waals surface area (Å²) in [5.74, 6) is 0.200. The number of carbonyl (C=O) groups excluding carboxylic acids is 1. The fourth-order valence-electron chi connectivity index (χ4n) is 3.86. The van der Waals surface area contributed by atoms with Crippen LogP contribution in [0.1, 0.15) is 29.2 Å². The number of amides is 1. The molecular formula is C24H21N5O. The van der Waals surface area contributed by atoms with Gasteiger partial charge in [0.1, 0.15) is 0 Å². The zero-order valence-corrected chi connectivity index (χ0v) is 16.3. The molecule has 1 atom stereocenters. The van der Waals surface area contributed by atoms with Crippen molar-refractivity contribution in [3.8, 4) is 0 Å². The molecule has 4 aromatic rings. The fraction of sp³-hybridized carbons (Fsp3) is 0.125. The Balaban J connectivity index is 1.31. The molecule has 0 saturated heterocycles. The minimum Gasteiger partial charge on any atom is -0.384 e. The van der Waals surface area contributed by atoms with Gasteiger partial charge in [-0.15, -0.1) is 0 Å². The number of aromatic nitrogens is 3. The maximum atomic E-state index is 12.7. The Hall–Kier alpha value is -3.93. The van der Waals surface area contributed by atoms with Gasteiger partial charge in [-0.25, -0.2) is 0 Å². The van der Waals surface area contributed by atoms with E-state index in [0.717, 1.165) is 40.1 Å². The Kier molecular flexibility index (Phi) is 4.73. The Morgan fingerprint density at radius 3 is 2.97 bits per heavy atom. The number of H-pyrrole nitrogens is 1. The molecule has 6 heteroatoms. The highest BCUT2D eigenvalue weighted by atomic mass is 16.1. The van der Waals surface area contributed by atoms with Gasteiger partial charge in [0, 0.05) is 48.0 Å². The van der Waals surface area contributed by atoms with Gasteiger partial charge in [-0.1, -0.05) is 30.3 Å². The molecule has 2 aromatic carbocycles. The first kappa shape index (κ1) is 18.1. The number of hydrogen-bond acceptors (Lipinski definition) is 4. The topological polar surface area (TPSA) is 82.7 Å². The number of para-hydroxylation sites is 1. The molecule has 148 valence electrons. The highest BCUT2D eigenvalue weighted by Crippen LogP contribution is 2.33. The van der Waals surface area contributed by atoms with Crippen molar-refractivity contribution in [2.24, 2.45) is 0 Å². The molecule has 0 aliphatic carbocycles. The van der Waals surface area contributed by atoms with Crippen LogP contribution in [0.15, 0.2) is 67.0 Å². The van der Waals surface area contributed by atoms with Crippen LogP contribution in [-0.4, -0.2) is 27.6 Å². The summed E-state index contributed by atoms with van der Waals surface area (Å²) in [7, 11) is 0. The van der Waals surface area contributed by atoms with Gasteiger partial charge in [0.05, 0.1) is 11.2 Å². The molecule has 3 heterocycles. The summed E-state index contributed by atoms with van der Waals surface area (Å²) in [6, 6.07) is 17.8. The zero-order valence-electron chi connectivity index (χ0n) is 16.3. The lowest BCUT2D eigenvalue weighted by molar-refractivity contribution is -0.116. The SMILES string of the molecule is O=C(CC1CNc2ccccc21)Nc1ccc2[nH]nc(/C=C/c3cccnc3)c2c1. The van der Waals surface area contributed by atoms with Crippen molar-refractivity contribution in [3.63, 3.8) is 0 Å². The average Bonchev–Trinajstić information content (AvgIpc) is 3.37. The number of pyridine rings is 1. The summed E-state index contributed by atoms with van der Waals surface area (Å²) in [5, 5.41) is 14.8. The molecule has 1 amide bonds. The summed E-state index contributed by atoms with van der Waals surface area (Å²) in [6.45, 7) is 0.789. The minimum atomic E-state index is 0.00815. The first-order valence-corrected chi connectivity index (χ1v) is 9.95. The molecule has 6 nitrogen and oxygen atoms in total. The molecule has 0 fully saturated rings. The minimum absolute atomic E-state index is 0.00815. The largest absolute Gasteiger partial charge is 0.384 e. The van der Waals surface area contributed by atoms with E-state index >= 15 is 0 Å². The molecular weight excluding hydrogens is 374 g/mol. The molecule has 2 aromatic heterocycles. The fourth-order valence-corrected chi connectivity index (χ4v) is 3.86. The van der Waals surface area contributed by atoms with Crippen molar-refractivity contribution in [2.45, 2.75) is 12.3 Å². The van der Waals surface area contributed by atoms with Gasteiger partial charge < -0.3 is 10.6 Å². The smallest absolute Gasteiger partial charge is 0.225 e. The molecule has 1 unspecified atom stereocenters. The van der Waals surface area contributed by atoms with Crippen LogP contribution in [0.4, 0.5) is 11.4 Å². The summed E-state index contributed by atoms with van der Waals surface area (Å²) in [4.78, 5) is 16.8. The monoisotopic (exact) mass is 395 g/mol. The van der Waals surface area contributed by atoms with E-state index in [-0.39, 0.29) is 11.8 Å². The van der Waals surface area contributed by atoms with Gasteiger partial charge in [-0.05, 0) is 47.5 Å². The molecule has 0 bridgehead atoms. The number of carbonyl (C=O) groups is 1. The summed E-state index contributed by atoms with van der Waals surface area (Å²) < 4.78 is 0. The third-order valence-electron chi connectivity index (χ3n) is 5.37. The van der Waals surface area contributed by atoms with Gasteiger partial charge in [0.15, 0.2) is 0 Å². The zero-order chi connectivity index (χ0) is 20.3. The number of nitrogens with zero attached hydrogens (tertiary/aromatic N) is 2. The number of hydrogen-bond donors (Lipinski definition) is 3. The Morgan fingerprint density at radius 2 is 2.07 bits per heavy atom. The van der Waals surface area contributed by atoms with E-state index in [1.54, 1.807) is 12.4 Å². The third kappa shape index (κ3) is 3.67. The molecule has 5 rings (SSSR count). The van der Waals surface area contributed by atoms with Crippen LogP contribution in [0.25, 0.3) is 23.1 Å². The van der Waals surface area contributed by atoms with Crippen LogP contribution in [0.2, 0.25) is 0 Å². The highest BCUT2D eigenvalue weighted by molar-refractivity contribution is 5.96. The summed E-state index contributed by atoms with van der Waals surface area (Å²) >= 11 is 0. The Morgan fingerprint density at radius 1 is 1.13 bits per heavy atom. The second kappa shape index (κ2) is 7.83. The van der Waals surface area contributed by atoms with Gasteiger partial charge in [-0.3, -0.25) is 14.9 Å². The molecule has 0 spiro atoms. The number of fused-ring (bicyclic) bond motifs is 2. The summed E-state index contributed by atoms with van der Waals surface area (Å²) in [5.41, 5.74) is 5.85. The van der Waals surface area contributed by atoms with Crippen LogP contribution in [0.5, 0.6) is 0 Å². The van der Waals surface area contributed by atoms with E-state index in [9.17, 15) is 4.79 Å². The average molecular weight is 395 g/mol. The van der Waals surface area contributed by atoms with Crippen molar-refractivity contribution in [3.05, 3.63) is 83.8 Å². The maximum absolute atomic E-state index is 12.7. The predicted octanol–water partition coefficient (Wildman–Crippen LogP) is 4.67. The lowest BCUT2D eigenvalue weighted by Crippen LogP contribution is -2.16. The van der Waals surface area contributed by atoms with Crippen LogP contribution < -0.4 is 10.6 Å². The first-order chi connectivity index (χ1) is 14.8. The number of rotatable bonds is 5. The highest BCUT2D eigenvalue weighted by Gasteiger charge is 2.24. The van der Waals surface area contributed by atoms with Crippen molar-refractivity contribution in [1.29, 1.82) is 0 Å². The molecule has 0 radical (unpaired) electrons. The van der Waals surface area contributed by atoms with Crippen molar-refractivity contribution < 1.29 is 4.79 Å². The predicted molar refractivity (Wildman–Crippen MR) is 120 cm³/mol. The second-order valence-electron chi connectivity index (χ2n) is 7.41. The van der Waals surface area contributed by atoms with Gasteiger partial charge in [0.25, 0.3) is 0 Å². The maximum Gasteiger partial charge on any atom is 0.225 e. The number of benzene rings is 2. The molecule has 30 heavy (non-hydrogen) atoms. The number of nitrogens with one attached hydrogen (secondary N) is 3. The molecule has 1 aliphatic heterocycles. The normalized spacial score (nSPS) is 15.3. The lowest BCUT2D eigenvalue weighted by Gasteiger charge is -2.11. The Bertz CT molecular complexity index is 1230. The van der Waals surface area contributed by atoms with E-state index in [1.165, 1.54) is 5.56 Å². The number of anilines is 2. The molecule has 1 aliphatic rings. The quantitative estimate of drug-likeness (QED) is 0.459. The molecule has 3 N–H and O–H groups in total. The van der Waals surface area contributed by atoms with Gasteiger partial charge in [0.2, 0.25) is 5.91 Å². The summed E-state index contributed by atoms with van der Waals surface area (Å²) in [6.07, 6.45) is 7.91. The van der Waals surface area contributed by atoms with Crippen LogP contribution in [-0.2, 0) is 4.79 Å². The lowest BCUT2D eigenvalue weighted by atomic mass is 9.97. The van der Waals surface area contributed by atoms with Crippen molar-refractivity contribution >= 4 is 40.3 Å². The van der Waals surface area contributed by atoms with E-state index in [4.69, 9.17) is 0 Å². The third-order valence-corrected chi connectivity index (χ3v) is 5.37. The van der Waals surface area contributed by atoms with Crippen LogP contribution in [0, 0.1) is 0 Å². The van der Waals surface area contributed by atoms with Gasteiger partial charge >= 0.3 is 0 Å². The van der Waals surface area contributed by atoms with Crippen LogP contribution in [0.3, 0.4) is 0 Å². The van der Waals surface area contributed by atoms with Gasteiger partial charge in [-0.2, -0.15) is 5.10 Å². The Labute approximate surface area is 174 Å². The second-order valence-corrected chi connectivity index (χ2v) is 7.41. The van der Waals surface area contributed by atoms with Crippen LogP contribution >= 0.6 is 0 Å². The van der Waals surface area contributed by atoms with Crippen molar-refractivity contribution in [1.82, 2.24) is 15.2 Å². The molecule has 0 saturated carbocycles. The van der Waals surface area contributed by atoms with Crippen molar-refractivity contribution in [2.75, 3.05) is 17.2 Å². The van der Waals surface area contributed by atoms with E-state index < -0.39 is 0 Å².